The van der Waals surface area contributed by atoms with Gasteiger partial charge < -0.3 is 30.7 Å². The van der Waals surface area contributed by atoms with Crippen molar-refractivity contribution in [2.24, 2.45) is 23.7 Å². The molecule has 12 heteroatoms. The van der Waals surface area contributed by atoms with Crippen molar-refractivity contribution in [1.29, 1.82) is 0 Å². The summed E-state index contributed by atoms with van der Waals surface area (Å²) in [6.45, 7) is 1.15. The third-order valence-corrected chi connectivity index (χ3v) is 9.46. The average Bonchev–Trinajstić information content (AvgIpc) is 3.79. The van der Waals surface area contributed by atoms with Gasteiger partial charge in [-0.25, -0.2) is 4.79 Å². The van der Waals surface area contributed by atoms with Gasteiger partial charge in [0.25, 0.3) is 0 Å². The molecule has 0 radical (unpaired) electrons. The molecule has 0 saturated heterocycles. The molecule has 0 unspecified atom stereocenters. The first-order valence-corrected chi connectivity index (χ1v) is 17.3. The van der Waals surface area contributed by atoms with E-state index in [2.05, 4.69) is 21.3 Å². The van der Waals surface area contributed by atoms with Gasteiger partial charge in [-0.05, 0) is 41.9 Å². The number of amides is 4. The van der Waals surface area contributed by atoms with Crippen LogP contribution in [0.1, 0.15) is 30.0 Å². The lowest BCUT2D eigenvalue weighted by Gasteiger charge is -2.30. The molecular weight excluding hydrogens is 664 g/mol. The van der Waals surface area contributed by atoms with Crippen LogP contribution in [0.15, 0.2) is 103 Å². The van der Waals surface area contributed by atoms with Gasteiger partial charge in [0.2, 0.25) is 23.6 Å². The van der Waals surface area contributed by atoms with Crippen molar-refractivity contribution < 1.29 is 38.2 Å². The van der Waals surface area contributed by atoms with Gasteiger partial charge in [0, 0.05) is 12.8 Å². The number of ether oxygens (including phenoxy) is 2. The number of benzene rings is 3. The van der Waals surface area contributed by atoms with E-state index in [-0.39, 0.29) is 31.3 Å². The third-order valence-electron chi connectivity index (χ3n) is 9.46. The van der Waals surface area contributed by atoms with E-state index >= 15 is 0 Å². The molecular formula is C40H44N4O8. The Hall–Kier alpha value is -5.78. The molecule has 2 aliphatic carbocycles. The highest BCUT2D eigenvalue weighted by atomic mass is 16.5. The van der Waals surface area contributed by atoms with Crippen LogP contribution in [0.3, 0.4) is 0 Å². The Labute approximate surface area is 302 Å². The number of rotatable bonds is 16. The molecule has 4 N–H and O–H groups in total. The van der Waals surface area contributed by atoms with Gasteiger partial charge in [-0.3, -0.25) is 24.0 Å². The third kappa shape index (κ3) is 9.93. The molecule has 1 saturated carbocycles. The summed E-state index contributed by atoms with van der Waals surface area (Å²) in [4.78, 5) is 79.6. The average molecular weight is 709 g/mol. The molecule has 3 aromatic carbocycles. The summed E-state index contributed by atoms with van der Waals surface area (Å²) in [5.74, 6) is -5.51. The maximum Gasteiger partial charge on any atom is 0.328 e. The van der Waals surface area contributed by atoms with Crippen LogP contribution in [0.4, 0.5) is 0 Å². The van der Waals surface area contributed by atoms with Crippen LogP contribution >= 0.6 is 0 Å². The van der Waals surface area contributed by atoms with Crippen molar-refractivity contribution in [2.45, 2.75) is 50.9 Å². The number of fused-ring (bicyclic) bond motifs is 2. The number of hydrogen-bond donors (Lipinski definition) is 4. The van der Waals surface area contributed by atoms with E-state index in [1.165, 1.54) is 14.0 Å². The summed E-state index contributed by atoms with van der Waals surface area (Å²) in [5.41, 5.74) is 2.37. The van der Waals surface area contributed by atoms with Crippen LogP contribution < -0.4 is 21.3 Å². The van der Waals surface area contributed by atoms with E-state index in [1.807, 2.05) is 103 Å². The molecule has 2 aliphatic rings. The quantitative estimate of drug-likeness (QED) is 0.130. The normalized spacial score (nSPS) is 20.1. The van der Waals surface area contributed by atoms with Crippen LogP contribution in [0.25, 0.3) is 0 Å². The lowest BCUT2D eigenvalue weighted by Crippen LogP contribution is -2.56. The second-order valence-corrected chi connectivity index (χ2v) is 13.1. The van der Waals surface area contributed by atoms with Gasteiger partial charge in [-0.2, -0.15) is 0 Å². The summed E-state index contributed by atoms with van der Waals surface area (Å²) in [5, 5.41) is 10.9. The fourth-order valence-corrected chi connectivity index (χ4v) is 6.81. The molecule has 0 spiro atoms. The van der Waals surface area contributed by atoms with E-state index in [0.29, 0.717) is 6.42 Å². The fourth-order valence-electron chi connectivity index (χ4n) is 6.81. The van der Waals surface area contributed by atoms with Crippen molar-refractivity contribution in [1.82, 2.24) is 21.3 Å². The Morgan fingerprint density at radius 3 is 1.60 bits per heavy atom. The van der Waals surface area contributed by atoms with E-state index in [4.69, 9.17) is 9.47 Å². The molecule has 0 aliphatic heterocycles. The second-order valence-electron chi connectivity index (χ2n) is 13.1. The molecule has 3 aromatic rings. The standard InChI is InChI=1S/C40H44N4O8/c1-25(40(50)51-2)42-37(47)32(21-27-14-8-4-9-15-27)44-39(49)35-30-19-18-29(22-30)34(35)38(48)43-31(20-26-12-6-3-7-13-26)36(46)41-23-33(45)52-24-28-16-10-5-11-17-28/h3-19,25,29-32,34-35H,20-24H2,1-2H3,(H,41,46)(H,42,47)(H,43,48)(H,44,49)/t25-,29-,30+,31-,32-,34-,35+/m0/s1. The first-order valence-electron chi connectivity index (χ1n) is 17.3. The Balaban J connectivity index is 1.28. The molecule has 12 nitrogen and oxygen atoms in total. The van der Waals surface area contributed by atoms with Crippen LogP contribution in [-0.2, 0) is 57.7 Å². The van der Waals surface area contributed by atoms with Gasteiger partial charge in [-0.15, -0.1) is 0 Å². The zero-order chi connectivity index (χ0) is 37.0. The number of esters is 2. The smallest absolute Gasteiger partial charge is 0.328 e. The maximum atomic E-state index is 14.1. The molecule has 52 heavy (non-hydrogen) atoms. The fraction of sp³-hybridized carbons (Fsp3) is 0.350. The SMILES string of the molecule is COC(=O)[C@H](C)NC(=O)[C@H](Cc1ccccc1)NC(=O)[C@H]1[C@@H](C(=O)N[C@@H](Cc2ccccc2)C(=O)NCC(=O)OCc2ccccc2)[C@H]2C=C[C@@H]1C2. The molecule has 0 aromatic heterocycles. The minimum Gasteiger partial charge on any atom is -0.467 e. The Morgan fingerprint density at radius 1 is 0.654 bits per heavy atom. The van der Waals surface area contributed by atoms with Crippen molar-refractivity contribution in [3.63, 3.8) is 0 Å². The molecule has 272 valence electrons. The van der Waals surface area contributed by atoms with Gasteiger partial charge in [0.15, 0.2) is 0 Å². The number of hydrogen-bond acceptors (Lipinski definition) is 8. The van der Waals surface area contributed by atoms with Gasteiger partial charge >= 0.3 is 11.9 Å². The topological polar surface area (TPSA) is 169 Å². The van der Waals surface area contributed by atoms with Crippen molar-refractivity contribution in [3.05, 3.63) is 120 Å². The highest BCUT2D eigenvalue weighted by Crippen LogP contribution is 2.48. The number of allylic oxidation sites excluding steroid dienone is 2. The Bertz CT molecular complexity index is 1750. The summed E-state index contributed by atoms with van der Waals surface area (Å²) < 4.78 is 10.0. The van der Waals surface area contributed by atoms with Crippen LogP contribution in [-0.4, -0.2) is 67.3 Å². The summed E-state index contributed by atoms with van der Waals surface area (Å²) in [6.07, 6.45) is 4.68. The van der Waals surface area contributed by atoms with Gasteiger partial charge in [0.1, 0.15) is 31.3 Å². The molecule has 1 fully saturated rings. The van der Waals surface area contributed by atoms with Crippen molar-refractivity contribution in [3.8, 4) is 0 Å². The molecule has 5 rings (SSSR count). The minimum absolute atomic E-state index is 0.0547. The predicted molar refractivity (Wildman–Crippen MR) is 191 cm³/mol. The highest BCUT2D eigenvalue weighted by Gasteiger charge is 2.52. The van der Waals surface area contributed by atoms with Crippen LogP contribution in [0.2, 0.25) is 0 Å². The highest BCUT2D eigenvalue weighted by molar-refractivity contribution is 5.96. The summed E-state index contributed by atoms with van der Waals surface area (Å²) >= 11 is 0. The van der Waals surface area contributed by atoms with E-state index in [1.54, 1.807) is 0 Å². The monoisotopic (exact) mass is 708 g/mol. The lowest BCUT2D eigenvalue weighted by atomic mass is 9.81. The number of methoxy groups -OCH3 is 1. The first kappa shape index (κ1) is 37.5. The molecule has 0 heterocycles. The summed E-state index contributed by atoms with van der Waals surface area (Å²) in [6, 6.07) is 24.4. The van der Waals surface area contributed by atoms with Gasteiger partial charge in [0.05, 0.1) is 18.9 Å². The second kappa shape index (κ2) is 17.9. The van der Waals surface area contributed by atoms with Crippen molar-refractivity contribution in [2.75, 3.05) is 13.7 Å². The number of carbonyl (C=O) groups excluding carboxylic acids is 6. The van der Waals surface area contributed by atoms with E-state index in [0.717, 1.165) is 16.7 Å². The number of carbonyl (C=O) groups is 6. The van der Waals surface area contributed by atoms with Crippen molar-refractivity contribution >= 4 is 35.6 Å². The van der Waals surface area contributed by atoms with Crippen LogP contribution in [0, 0.1) is 23.7 Å². The first-order chi connectivity index (χ1) is 25.1. The Kier molecular flexibility index (Phi) is 12.9. The zero-order valence-corrected chi connectivity index (χ0v) is 29.2. The molecule has 2 bridgehead atoms. The molecule has 7 atom stereocenters. The Morgan fingerprint density at radius 2 is 1.12 bits per heavy atom. The minimum atomic E-state index is -1.06. The summed E-state index contributed by atoms with van der Waals surface area (Å²) in [7, 11) is 1.22. The van der Waals surface area contributed by atoms with E-state index < -0.39 is 72.1 Å². The zero-order valence-electron chi connectivity index (χ0n) is 29.2. The van der Waals surface area contributed by atoms with E-state index in [9.17, 15) is 28.8 Å². The largest absolute Gasteiger partial charge is 0.467 e. The molecule has 4 amide bonds. The predicted octanol–water partition coefficient (Wildman–Crippen LogP) is 2.42. The maximum absolute atomic E-state index is 14.1. The lowest BCUT2D eigenvalue weighted by molar-refractivity contribution is -0.145. The van der Waals surface area contributed by atoms with Crippen LogP contribution in [0.5, 0.6) is 0 Å². The number of nitrogens with one attached hydrogen (secondary N) is 4. The van der Waals surface area contributed by atoms with Gasteiger partial charge in [-0.1, -0.05) is 103 Å².